The van der Waals surface area contributed by atoms with E-state index in [1.807, 2.05) is 11.6 Å². The van der Waals surface area contributed by atoms with Gasteiger partial charge in [0.2, 0.25) is 0 Å². The third-order valence-electron chi connectivity index (χ3n) is 4.62. The summed E-state index contributed by atoms with van der Waals surface area (Å²) in [7, 11) is 0. The van der Waals surface area contributed by atoms with Gasteiger partial charge in [0.15, 0.2) is 5.65 Å². The molecule has 1 saturated heterocycles. The molecular weight excluding hydrogens is 310 g/mol. The van der Waals surface area contributed by atoms with Crippen LogP contribution in [0.4, 0.5) is 0 Å². The van der Waals surface area contributed by atoms with Gasteiger partial charge in [-0.05, 0) is 32.9 Å². The number of aryl methyl sites for hydroxylation is 1. The molecule has 0 saturated carbocycles. The Balaban J connectivity index is 1.46. The van der Waals surface area contributed by atoms with Gasteiger partial charge in [-0.1, -0.05) is 0 Å². The molecule has 0 aliphatic carbocycles. The molecule has 3 aromatic heterocycles. The molecule has 0 spiro atoms. The fourth-order valence-corrected chi connectivity index (χ4v) is 4.04. The number of piperidine rings is 1. The van der Waals surface area contributed by atoms with E-state index in [2.05, 4.69) is 26.9 Å². The quantitative estimate of drug-likeness (QED) is 0.800. The lowest BCUT2D eigenvalue weighted by molar-refractivity contribution is 0.204. The van der Waals surface area contributed by atoms with Crippen LogP contribution in [0.1, 0.15) is 35.0 Å². The Kier molecular flexibility index (Phi) is 3.74. The summed E-state index contributed by atoms with van der Waals surface area (Å²) in [6.45, 7) is 5.13. The molecule has 1 aliphatic rings. The first-order valence-corrected chi connectivity index (χ1v) is 8.77. The van der Waals surface area contributed by atoms with Crippen LogP contribution in [0.5, 0.6) is 0 Å². The van der Waals surface area contributed by atoms with E-state index in [1.165, 1.54) is 9.39 Å². The van der Waals surface area contributed by atoms with Gasteiger partial charge in [-0.25, -0.2) is 14.5 Å². The predicted molar refractivity (Wildman–Crippen MR) is 89.9 cm³/mol. The zero-order valence-corrected chi connectivity index (χ0v) is 13.8. The van der Waals surface area contributed by atoms with E-state index >= 15 is 0 Å². The maximum atomic E-state index is 12.1. The maximum Gasteiger partial charge on any atom is 0.272 e. The average Bonchev–Trinajstić information content (AvgIpc) is 3.18. The smallest absolute Gasteiger partial charge is 0.272 e. The number of hydrogen-bond acceptors (Lipinski definition) is 5. The minimum Gasteiger partial charge on any atom is -0.298 e. The number of aromatic nitrogens is 4. The van der Waals surface area contributed by atoms with Gasteiger partial charge in [0.1, 0.15) is 0 Å². The molecule has 0 unspecified atom stereocenters. The molecule has 0 atom stereocenters. The molecule has 3 aromatic rings. The SMILES string of the molecule is Cc1ncsc1CN1CCC(c2cc(=O)n3[nH]ccc3n2)CC1. The number of nitrogens with zero attached hydrogens (tertiary/aromatic N) is 4. The third kappa shape index (κ3) is 2.82. The second kappa shape index (κ2) is 5.90. The Morgan fingerprint density at radius 2 is 2.22 bits per heavy atom. The Labute approximate surface area is 137 Å². The molecule has 0 radical (unpaired) electrons. The van der Waals surface area contributed by atoms with Crippen molar-refractivity contribution in [3.63, 3.8) is 0 Å². The lowest BCUT2D eigenvalue weighted by Crippen LogP contribution is -2.33. The van der Waals surface area contributed by atoms with E-state index in [1.54, 1.807) is 23.6 Å². The molecular formula is C16H19N5OS. The van der Waals surface area contributed by atoms with Gasteiger partial charge in [-0.15, -0.1) is 11.3 Å². The van der Waals surface area contributed by atoms with Gasteiger partial charge in [0, 0.05) is 35.7 Å². The van der Waals surface area contributed by atoms with E-state index in [-0.39, 0.29) is 5.56 Å². The van der Waals surface area contributed by atoms with Gasteiger partial charge in [0.05, 0.1) is 16.9 Å². The molecule has 1 fully saturated rings. The first kappa shape index (κ1) is 14.6. The molecule has 6 nitrogen and oxygen atoms in total. The number of likely N-dealkylation sites (tertiary alicyclic amines) is 1. The number of aromatic amines is 1. The summed E-state index contributed by atoms with van der Waals surface area (Å²) in [5.41, 5.74) is 4.67. The molecule has 0 amide bonds. The first-order valence-electron chi connectivity index (χ1n) is 7.89. The van der Waals surface area contributed by atoms with E-state index in [9.17, 15) is 4.79 Å². The van der Waals surface area contributed by atoms with Crippen molar-refractivity contribution < 1.29 is 0 Å². The maximum absolute atomic E-state index is 12.1. The summed E-state index contributed by atoms with van der Waals surface area (Å²) in [6, 6.07) is 3.52. The average molecular weight is 329 g/mol. The highest BCUT2D eigenvalue weighted by Crippen LogP contribution is 2.28. The zero-order chi connectivity index (χ0) is 15.8. The van der Waals surface area contributed by atoms with E-state index in [4.69, 9.17) is 0 Å². The van der Waals surface area contributed by atoms with E-state index in [0.717, 1.165) is 43.9 Å². The highest BCUT2D eigenvalue weighted by molar-refractivity contribution is 7.09. The van der Waals surface area contributed by atoms with Gasteiger partial charge < -0.3 is 0 Å². The van der Waals surface area contributed by atoms with Crippen LogP contribution in [-0.2, 0) is 6.54 Å². The molecule has 0 aromatic carbocycles. The highest BCUT2D eigenvalue weighted by Gasteiger charge is 2.23. The summed E-state index contributed by atoms with van der Waals surface area (Å²) in [4.78, 5) is 24.9. The second-order valence-electron chi connectivity index (χ2n) is 6.09. The van der Waals surface area contributed by atoms with Crippen LogP contribution in [0.2, 0.25) is 0 Å². The zero-order valence-electron chi connectivity index (χ0n) is 13.0. The van der Waals surface area contributed by atoms with Crippen LogP contribution < -0.4 is 5.56 Å². The Hall–Kier alpha value is -1.99. The molecule has 120 valence electrons. The second-order valence-corrected chi connectivity index (χ2v) is 7.03. The van der Waals surface area contributed by atoms with Gasteiger partial charge in [0.25, 0.3) is 5.56 Å². The normalized spacial score (nSPS) is 17.1. The number of nitrogens with one attached hydrogen (secondary N) is 1. The molecule has 1 N–H and O–H groups in total. The lowest BCUT2D eigenvalue weighted by Gasteiger charge is -2.31. The van der Waals surface area contributed by atoms with Crippen LogP contribution in [0.15, 0.2) is 28.6 Å². The number of rotatable bonds is 3. The highest BCUT2D eigenvalue weighted by atomic mass is 32.1. The van der Waals surface area contributed by atoms with Crippen molar-refractivity contribution in [2.75, 3.05) is 13.1 Å². The van der Waals surface area contributed by atoms with Gasteiger partial charge in [-0.3, -0.25) is 14.8 Å². The summed E-state index contributed by atoms with van der Waals surface area (Å²) in [5, 5.41) is 2.88. The van der Waals surface area contributed by atoms with Crippen molar-refractivity contribution in [2.24, 2.45) is 0 Å². The number of fused-ring (bicyclic) bond motifs is 1. The Bertz CT molecular complexity index is 872. The van der Waals surface area contributed by atoms with Gasteiger partial charge in [-0.2, -0.15) is 0 Å². The van der Waals surface area contributed by atoms with Crippen LogP contribution in [-0.4, -0.2) is 37.6 Å². The molecule has 1 aliphatic heterocycles. The topological polar surface area (TPSA) is 66.3 Å². The molecule has 7 heteroatoms. The van der Waals surface area contributed by atoms with Crippen molar-refractivity contribution in [1.82, 2.24) is 24.5 Å². The van der Waals surface area contributed by atoms with Crippen molar-refractivity contribution in [2.45, 2.75) is 32.2 Å². The summed E-state index contributed by atoms with van der Waals surface area (Å²) >= 11 is 1.73. The molecule has 0 bridgehead atoms. The van der Waals surface area contributed by atoms with Crippen molar-refractivity contribution >= 4 is 17.0 Å². The molecule has 23 heavy (non-hydrogen) atoms. The monoisotopic (exact) mass is 329 g/mol. The minimum atomic E-state index is -0.0299. The Morgan fingerprint density at radius 3 is 2.96 bits per heavy atom. The fourth-order valence-electron chi connectivity index (χ4n) is 3.22. The molecule has 4 heterocycles. The van der Waals surface area contributed by atoms with E-state index < -0.39 is 0 Å². The first-order chi connectivity index (χ1) is 11.2. The number of hydrogen-bond donors (Lipinski definition) is 1. The van der Waals surface area contributed by atoms with Crippen LogP contribution in [0.25, 0.3) is 5.65 Å². The van der Waals surface area contributed by atoms with E-state index in [0.29, 0.717) is 11.6 Å². The Morgan fingerprint density at radius 1 is 1.39 bits per heavy atom. The van der Waals surface area contributed by atoms with Crippen LogP contribution >= 0.6 is 11.3 Å². The largest absolute Gasteiger partial charge is 0.298 e. The number of H-pyrrole nitrogens is 1. The third-order valence-corrected chi connectivity index (χ3v) is 5.54. The van der Waals surface area contributed by atoms with Crippen LogP contribution in [0, 0.1) is 6.92 Å². The van der Waals surface area contributed by atoms with Crippen molar-refractivity contribution in [3.05, 3.63) is 50.5 Å². The van der Waals surface area contributed by atoms with Crippen molar-refractivity contribution in [3.8, 4) is 0 Å². The standard InChI is InChI=1S/C16H19N5OS/c1-11-14(23-10-17-11)9-20-6-3-12(4-7-20)13-8-16(22)21-15(19-13)2-5-18-21/h2,5,8,10,12,18H,3-4,6-7,9H2,1H3. The summed E-state index contributed by atoms with van der Waals surface area (Å²) < 4.78 is 1.48. The molecule has 4 rings (SSSR count). The van der Waals surface area contributed by atoms with Gasteiger partial charge >= 0.3 is 0 Å². The number of thiazole rings is 1. The fraction of sp³-hybridized carbons (Fsp3) is 0.438. The van der Waals surface area contributed by atoms with Crippen molar-refractivity contribution in [1.29, 1.82) is 0 Å². The summed E-state index contributed by atoms with van der Waals surface area (Å²) in [6.07, 6.45) is 3.84. The predicted octanol–water partition coefficient (Wildman–Crippen LogP) is 2.17. The summed E-state index contributed by atoms with van der Waals surface area (Å²) in [5.74, 6) is 0.376. The minimum absolute atomic E-state index is 0.0299. The lowest BCUT2D eigenvalue weighted by atomic mass is 9.93. The van der Waals surface area contributed by atoms with Crippen LogP contribution in [0.3, 0.4) is 0 Å².